The molecule has 9 nitrogen and oxygen atoms in total. The van der Waals surface area contributed by atoms with E-state index in [1.165, 1.54) is 40.3 Å². The van der Waals surface area contributed by atoms with Crippen molar-refractivity contribution in [3.05, 3.63) is 88.5 Å². The van der Waals surface area contributed by atoms with Crippen LogP contribution in [0.3, 0.4) is 0 Å². The number of nitrogens with zero attached hydrogens (tertiary/aromatic N) is 2. The Labute approximate surface area is 179 Å². The van der Waals surface area contributed by atoms with Crippen LogP contribution < -0.4 is 14.0 Å². The van der Waals surface area contributed by atoms with Crippen LogP contribution in [0.1, 0.15) is 10.4 Å². The Bertz CT molecular complexity index is 1090. The van der Waals surface area contributed by atoms with Gasteiger partial charge in [-0.1, -0.05) is 18.2 Å². The Morgan fingerprint density at radius 1 is 1.03 bits per heavy atom. The average molecular weight is 472 g/mol. The number of hydrogen-bond donors (Lipinski definition) is 2. The minimum absolute atomic E-state index is 0.0590. The molecule has 0 fully saturated rings. The number of nitro benzene ring substituents is 1. The third-order valence-electron chi connectivity index (χ3n) is 3.90. The van der Waals surface area contributed by atoms with Gasteiger partial charge in [-0.3, -0.25) is 20.2 Å². The van der Waals surface area contributed by atoms with Crippen LogP contribution in [-0.2, 0) is 0 Å². The lowest BCUT2D eigenvalue weighted by molar-refractivity contribution is -0.385. The van der Waals surface area contributed by atoms with E-state index in [9.17, 15) is 19.7 Å². The van der Waals surface area contributed by atoms with Gasteiger partial charge in [0.05, 0.1) is 26.8 Å². The first-order chi connectivity index (χ1) is 14.3. The zero-order chi connectivity index (χ0) is 21.7. The van der Waals surface area contributed by atoms with Gasteiger partial charge in [-0.25, -0.2) is 8.72 Å². The molecule has 10 heteroatoms. The molecule has 3 aromatic carbocycles. The number of anilines is 2. The van der Waals surface area contributed by atoms with E-state index in [0.717, 1.165) is 6.07 Å². The Kier molecular flexibility index (Phi) is 6.28. The highest BCUT2D eigenvalue weighted by molar-refractivity contribution is 9.10. The first-order valence-corrected chi connectivity index (χ1v) is 9.17. The molecule has 0 aromatic heterocycles. The monoisotopic (exact) mass is 471 g/mol. The average Bonchev–Trinajstić information content (AvgIpc) is 2.74. The fourth-order valence-corrected chi connectivity index (χ4v) is 2.97. The number of para-hydroxylation sites is 1. The van der Waals surface area contributed by atoms with Gasteiger partial charge in [-0.15, -0.1) is 0 Å². The van der Waals surface area contributed by atoms with E-state index in [2.05, 4.69) is 21.5 Å². The van der Waals surface area contributed by atoms with Gasteiger partial charge in [-0.2, -0.15) is 0 Å². The van der Waals surface area contributed by atoms with Gasteiger partial charge in [0, 0.05) is 17.3 Å². The van der Waals surface area contributed by atoms with Crippen LogP contribution in [0, 0.1) is 10.1 Å². The molecule has 0 aliphatic rings. The van der Waals surface area contributed by atoms with E-state index in [1.54, 1.807) is 30.3 Å². The van der Waals surface area contributed by atoms with Crippen LogP contribution in [0.15, 0.2) is 72.8 Å². The van der Waals surface area contributed by atoms with Crippen LogP contribution in [-0.4, -0.2) is 22.0 Å². The summed E-state index contributed by atoms with van der Waals surface area (Å²) in [7, 11) is 0. The second kappa shape index (κ2) is 9.05. The van der Waals surface area contributed by atoms with Crippen molar-refractivity contribution in [2.24, 2.45) is 0 Å². The summed E-state index contributed by atoms with van der Waals surface area (Å²) in [6, 6.07) is 18.5. The molecular formula is C20H14BrN3O6. The molecule has 0 unspecified atom stereocenters. The van der Waals surface area contributed by atoms with E-state index in [1.807, 2.05) is 0 Å². The van der Waals surface area contributed by atoms with Crippen LogP contribution in [0.2, 0.25) is 0 Å². The molecule has 30 heavy (non-hydrogen) atoms. The first kappa shape index (κ1) is 20.8. The summed E-state index contributed by atoms with van der Waals surface area (Å²) < 4.78 is 6.77. The highest BCUT2D eigenvalue weighted by atomic mass is 79.9. The van der Waals surface area contributed by atoms with Gasteiger partial charge in [0.2, 0.25) is 5.75 Å². The van der Waals surface area contributed by atoms with Crippen molar-refractivity contribution in [2.45, 2.75) is 0 Å². The topological polar surface area (TPSA) is 122 Å². The number of nitrogens with one attached hydrogen (secondary N) is 1. The second-order valence-corrected chi connectivity index (χ2v) is 6.63. The summed E-state index contributed by atoms with van der Waals surface area (Å²) >= 11 is 3.18. The van der Waals surface area contributed by atoms with Crippen LogP contribution >= 0.6 is 16.1 Å². The largest absolute Gasteiger partial charge is 0.465 e. The molecule has 0 saturated heterocycles. The van der Waals surface area contributed by atoms with E-state index >= 15 is 0 Å². The summed E-state index contributed by atoms with van der Waals surface area (Å²) in [6.45, 7) is 0. The van der Waals surface area contributed by atoms with Crippen LogP contribution in [0.4, 0.5) is 21.9 Å². The maximum absolute atomic E-state index is 12.7. The summed E-state index contributed by atoms with van der Waals surface area (Å²) in [5, 5.41) is 22.4. The minimum atomic E-state index is -1.21. The predicted molar refractivity (Wildman–Crippen MR) is 113 cm³/mol. The molecule has 0 aliphatic carbocycles. The normalized spacial score (nSPS) is 10.2. The summed E-state index contributed by atoms with van der Waals surface area (Å²) in [6.07, 6.45) is -1.21. The zero-order valence-corrected chi connectivity index (χ0v) is 16.8. The molecule has 0 spiro atoms. The lowest BCUT2D eigenvalue weighted by atomic mass is 10.1. The molecule has 2 amide bonds. The SMILES string of the molecule is O=C(O)Nc1ccc(Oc2ccc(C(=O)N(Br)c3ccccc3)cc2[N+](=O)[O-])cc1. The third kappa shape index (κ3) is 4.92. The zero-order valence-electron chi connectivity index (χ0n) is 15.2. The number of nitro groups is 1. The predicted octanol–water partition coefficient (Wildman–Crippen LogP) is 5.43. The number of amides is 2. The highest BCUT2D eigenvalue weighted by Crippen LogP contribution is 2.33. The number of ether oxygens (including phenoxy) is 1. The molecule has 2 N–H and O–H groups in total. The minimum Gasteiger partial charge on any atom is -0.465 e. The molecule has 0 saturated carbocycles. The molecule has 0 atom stereocenters. The van der Waals surface area contributed by atoms with Crippen molar-refractivity contribution in [3.63, 3.8) is 0 Å². The number of halogens is 1. The Balaban J connectivity index is 1.84. The van der Waals surface area contributed by atoms with Crippen molar-refractivity contribution in [3.8, 4) is 11.5 Å². The molecule has 0 radical (unpaired) electrons. The lowest BCUT2D eigenvalue weighted by Crippen LogP contribution is -2.20. The highest BCUT2D eigenvalue weighted by Gasteiger charge is 2.22. The molecule has 0 heterocycles. The molecule has 152 valence electrons. The summed E-state index contributed by atoms with van der Waals surface area (Å²) in [5.41, 5.74) is 0.600. The smallest absolute Gasteiger partial charge is 0.409 e. The maximum atomic E-state index is 12.7. The summed E-state index contributed by atoms with van der Waals surface area (Å²) in [4.78, 5) is 34.2. The Morgan fingerprint density at radius 3 is 2.30 bits per heavy atom. The Hall–Kier alpha value is -3.92. The molecule has 3 aromatic rings. The third-order valence-corrected chi connectivity index (χ3v) is 4.63. The second-order valence-electron chi connectivity index (χ2n) is 5.92. The fourth-order valence-electron chi connectivity index (χ4n) is 2.53. The van der Waals surface area contributed by atoms with E-state index < -0.39 is 16.9 Å². The number of hydrogen-bond acceptors (Lipinski definition) is 5. The van der Waals surface area contributed by atoms with Gasteiger partial charge < -0.3 is 9.84 Å². The molecule has 0 bridgehead atoms. The van der Waals surface area contributed by atoms with Gasteiger partial charge >= 0.3 is 11.8 Å². The van der Waals surface area contributed by atoms with Crippen LogP contribution in [0.25, 0.3) is 0 Å². The number of carbonyl (C=O) groups is 2. The molecular weight excluding hydrogens is 458 g/mol. The molecule has 0 aliphatic heterocycles. The van der Waals surface area contributed by atoms with E-state index in [0.29, 0.717) is 11.4 Å². The van der Waals surface area contributed by atoms with Gasteiger partial charge in [0.25, 0.3) is 5.91 Å². The van der Waals surface area contributed by atoms with Gasteiger partial charge in [-0.05, 0) is 48.5 Å². The lowest BCUT2D eigenvalue weighted by Gasteiger charge is -2.15. The first-order valence-electron chi connectivity index (χ1n) is 8.47. The van der Waals surface area contributed by atoms with Gasteiger partial charge in [0.15, 0.2) is 0 Å². The quantitative estimate of drug-likeness (QED) is 0.280. The molecule has 3 rings (SSSR count). The number of carbonyl (C=O) groups excluding carboxylic acids is 1. The van der Waals surface area contributed by atoms with E-state index in [-0.39, 0.29) is 22.7 Å². The van der Waals surface area contributed by atoms with Crippen molar-refractivity contribution in [1.29, 1.82) is 0 Å². The number of rotatable bonds is 6. The summed E-state index contributed by atoms with van der Waals surface area (Å²) in [5.74, 6) is -0.282. The fraction of sp³-hybridized carbons (Fsp3) is 0. The van der Waals surface area contributed by atoms with Crippen LogP contribution in [0.5, 0.6) is 11.5 Å². The van der Waals surface area contributed by atoms with Crippen molar-refractivity contribution >= 4 is 45.2 Å². The standard InChI is InChI=1S/C20H14BrN3O6/c21-23(15-4-2-1-3-5-15)19(25)13-6-11-18(17(12-13)24(28)29)30-16-9-7-14(8-10-16)22-20(26)27/h1-12,22H,(H,26,27). The maximum Gasteiger partial charge on any atom is 0.409 e. The Morgan fingerprint density at radius 2 is 1.70 bits per heavy atom. The van der Waals surface area contributed by atoms with E-state index in [4.69, 9.17) is 9.84 Å². The van der Waals surface area contributed by atoms with Crippen molar-refractivity contribution in [2.75, 3.05) is 9.24 Å². The number of benzene rings is 3. The van der Waals surface area contributed by atoms with Crippen molar-refractivity contribution < 1.29 is 24.4 Å². The van der Waals surface area contributed by atoms with Crippen molar-refractivity contribution in [1.82, 2.24) is 0 Å². The van der Waals surface area contributed by atoms with Gasteiger partial charge in [0.1, 0.15) is 5.75 Å². The number of carboxylic acid groups (broad SMARTS) is 1.